The van der Waals surface area contributed by atoms with Crippen LogP contribution in [-0.4, -0.2) is 62.3 Å². The summed E-state index contributed by atoms with van der Waals surface area (Å²) in [6.07, 6.45) is 3.40. The standard InChI is InChI=1S/C15H24N6O4/c1-15(2,13(23)24)5-6-17-14(25)20-7-3-4-10(8-20)21-9-18-12(19-21)11(16)22/h9-10H,3-8H2,1-2H3,(H2,16,22)(H,17,25)(H,23,24). The van der Waals surface area contributed by atoms with Crippen molar-refractivity contribution in [3.63, 3.8) is 0 Å². The molecule has 1 aliphatic rings. The molecule has 1 aromatic heterocycles. The van der Waals surface area contributed by atoms with Gasteiger partial charge in [-0.05, 0) is 33.1 Å². The number of urea groups is 1. The molecule has 2 heterocycles. The van der Waals surface area contributed by atoms with Gasteiger partial charge in [-0.2, -0.15) is 0 Å². The maximum Gasteiger partial charge on any atom is 0.317 e. The fourth-order valence-corrected chi connectivity index (χ4v) is 2.62. The average Bonchev–Trinajstić information content (AvgIpc) is 3.05. The van der Waals surface area contributed by atoms with Crippen LogP contribution in [0.15, 0.2) is 6.33 Å². The molecule has 10 heteroatoms. The highest BCUT2D eigenvalue weighted by Gasteiger charge is 2.28. The number of hydrogen-bond donors (Lipinski definition) is 3. The Morgan fingerprint density at radius 2 is 2.16 bits per heavy atom. The van der Waals surface area contributed by atoms with Crippen molar-refractivity contribution in [1.82, 2.24) is 25.0 Å². The van der Waals surface area contributed by atoms with E-state index in [0.717, 1.165) is 12.8 Å². The Hall–Kier alpha value is -2.65. The lowest BCUT2D eigenvalue weighted by Gasteiger charge is -2.32. The highest BCUT2D eigenvalue weighted by atomic mass is 16.4. The number of rotatable bonds is 6. The van der Waals surface area contributed by atoms with Gasteiger partial charge in [0.15, 0.2) is 0 Å². The lowest BCUT2D eigenvalue weighted by atomic mass is 9.90. The molecule has 0 bridgehead atoms. The molecule has 1 fully saturated rings. The summed E-state index contributed by atoms with van der Waals surface area (Å²) in [7, 11) is 0. The van der Waals surface area contributed by atoms with Crippen LogP contribution in [0.2, 0.25) is 0 Å². The summed E-state index contributed by atoms with van der Waals surface area (Å²) in [5.74, 6) is -1.63. The highest BCUT2D eigenvalue weighted by Crippen LogP contribution is 2.21. The summed E-state index contributed by atoms with van der Waals surface area (Å²) in [6.45, 7) is 4.59. The summed E-state index contributed by atoms with van der Waals surface area (Å²) in [4.78, 5) is 40.0. The summed E-state index contributed by atoms with van der Waals surface area (Å²) in [5, 5.41) is 15.9. The minimum absolute atomic E-state index is 0.0440. The quantitative estimate of drug-likeness (QED) is 0.668. The van der Waals surface area contributed by atoms with E-state index in [0.29, 0.717) is 19.5 Å². The largest absolute Gasteiger partial charge is 0.481 e. The van der Waals surface area contributed by atoms with Crippen LogP contribution in [0.5, 0.6) is 0 Å². The van der Waals surface area contributed by atoms with E-state index < -0.39 is 17.3 Å². The normalized spacial score (nSPS) is 18.0. The molecule has 4 N–H and O–H groups in total. The third kappa shape index (κ3) is 4.68. The van der Waals surface area contributed by atoms with Crippen molar-refractivity contribution in [2.75, 3.05) is 19.6 Å². The van der Waals surface area contributed by atoms with E-state index in [-0.39, 0.29) is 24.4 Å². The number of amides is 3. The van der Waals surface area contributed by atoms with E-state index in [9.17, 15) is 14.4 Å². The predicted octanol–water partition coefficient (Wildman–Crippen LogP) is 0.224. The molecule has 1 aliphatic heterocycles. The molecule has 1 unspecified atom stereocenters. The lowest BCUT2D eigenvalue weighted by molar-refractivity contribution is -0.147. The summed E-state index contributed by atoms with van der Waals surface area (Å²) < 4.78 is 1.56. The first-order chi connectivity index (χ1) is 11.7. The van der Waals surface area contributed by atoms with Crippen molar-refractivity contribution in [2.45, 2.75) is 39.2 Å². The smallest absolute Gasteiger partial charge is 0.317 e. The van der Waals surface area contributed by atoms with Gasteiger partial charge in [0.05, 0.1) is 11.5 Å². The molecule has 0 spiro atoms. The van der Waals surface area contributed by atoms with Gasteiger partial charge in [-0.25, -0.2) is 14.5 Å². The van der Waals surface area contributed by atoms with E-state index >= 15 is 0 Å². The van der Waals surface area contributed by atoms with E-state index in [1.165, 1.54) is 6.33 Å². The number of hydrogen-bond acceptors (Lipinski definition) is 5. The molecule has 0 aromatic carbocycles. The molecular formula is C15H24N6O4. The maximum atomic E-state index is 12.3. The minimum Gasteiger partial charge on any atom is -0.481 e. The molecular weight excluding hydrogens is 328 g/mol. The van der Waals surface area contributed by atoms with Gasteiger partial charge in [0, 0.05) is 19.6 Å². The van der Waals surface area contributed by atoms with Gasteiger partial charge in [-0.3, -0.25) is 9.59 Å². The van der Waals surface area contributed by atoms with E-state index in [1.54, 1.807) is 23.4 Å². The summed E-state index contributed by atoms with van der Waals surface area (Å²) in [5.41, 5.74) is 4.26. The fraction of sp³-hybridized carbons (Fsp3) is 0.667. The molecule has 0 aliphatic carbocycles. The Kier molecular flexibility index (Phi) is 5.60. The minimum atomic E-state index is -0.892. The maximum absolute atomic E-state index is 12.3. The van der Waals surface area contributed by atoms with Gasteiger partial charge in [-0.15, -0.1) is 5.10 Å². The summed E-state index contributed by atoms with van der Waals surface area (Å²) >= 11 is 0. The molecule has 138 valence electrons. The van der Waals surface area contributed by atoms with Gasteiger partial charge >= 0.3 is 12.0 Å². The molecule has 10 nitrogen and oxygen atoms in total. The first-order valence-electron chi connectivity index (χ1n) is 8.18. The van der Waals surface area contributed by atoms with Gasteiger partial charge in [0.1, 0.15) is 6.33 Å². The second-order valence-corrected chi connectivity index (χ2v) is 6.83. The first-order valence-corrected chi connectivity index (χ1v) is 8.18. The number of carbonyl (C=O) groups is 3. The van der Waals surface area contributed by atoms with Crippen LogP contribution in [0, 0.1) is 5.41 Å². The molecule has 3 amide bonds. The van der Waals surface area contributed by atoms with Crippen LogP contribution < -0.4 is 11.1 Å². The molecule has 25 heavy (non-hydrogen) atoms. The number of carbonyl (C=O) groups excluding carboxylic acids is 2. The number of nitrogens with one attached hydrogen (secondary N) is 1. The summed E-state index contributed by atoms with van der Waals surface area (Å²) in [6, 6.07) is -0.309. The van der Waals surface area contributed by atoms with E-state index in [2.05, 4.69) is 15.4 Å². The fourth-order valence-electron chi connectivity index (χ4n) is 2.62. The zero-order chi connectivity index (χ0) is 18.6. The van der Waals surface area contributed by atoms with Crippen molar-refractivity contribution in [1.29, 1.82) is 0 Å². The van der Waals surface area contributed by atoms with Crippen molar-refractivity contribution in [3.05, 3.63) is 12.2 Å². The molecule has 1 atom stereocenters. The number of primary amides is 1. The number of nitrogens with two attached hydrogens (primary N) is 1. The topological polar surface area (TPSA) is 143 Å². The average molecular weight is 352 g/mol. The third-order valence-corrected chi connectivity index (χ3v) is 4.39. The van der Waals surface area contributed by atoms with Crippen molar-refractivity contribution in [2.24, 2.45) is 11.1 Å². The SMILES string of the molecule is CC(C)(CCNC(=O)N1CCCC(n2cnc(C(N)=O)n2)C1)C(=O)O. The highest BCUT2D eigenvalue weighted by molar-refractivity contribution is 5.88. The van der Waals surface area contributed by atoms with E-state index in [1.807, 2.05) is 0 Å². The van der Waals surface area contributed by atoms with Crippen LogP contribution in [0.1, 0.15) is 49.8 Å². The number of aliphatic carboxylic acids is 1. The Morgan fingerprint density at radius 3 is 2.76 bits per heavy atom. The van der Waals surface area contributed by atoms with Crippen molar-refractivity contribution < 1.29 is 19.5 Å². The molecule has 1 saturated heterocycles. The lowest BCUT2D eigenvalue weighted by Crippen LogP contribution is -2.46. The Bertz CT molecular complexity index is 656. The molecule has 2 rings (SSSR count). The van der Waals surface area contributed by atoms with Crippen molar-refractivity contribution in [3.8, 4) is 0 Å². The Labute approximate surface area is 145 Å². The third-order valence-electron chi connectivity index (χ3n) is 4.39. The van der Waals surface area contributed by atoms with Crippen LogP contribution in [0.4, 0.5) is 4.79 Å². The van der Waals surface area contributed by atoms with Gasteiger partial charge in [0.25, 0.3) is 5.91 Å². The Balaban J connectivity index is 1.88. The number of aromatic nitrogens is 3. The number of likely N-dealkylation sites (tertiary alicyclic amines) is 1. The molecule has 0 radical (unpaired) electrons. The molecule has 0 saturated carbocycles. The number of carboxylic acids is 1. The zero-order valence-electron chi connectivity index (χ0n) is 14.4. The Morgan fingerprint density at radius 1 is 1.44 bits per heavy atom. The molecule has 1 aromatic rings. The number of piperidine rings is 1. The second-order valence-electron chi connectivity index (χ2n) is 6.83. The monoisotopic (exact) mass is 352 g/mol. The van der Waals surface area contributed by atoms with Gasteiger partial charge < -0.3 is 21.1 Å². The number of nitrogens with zero attached hydrogens (tertiary/aromatic N) is 4. The van der Waals surface area contributed by atoms with Crippen LogP contribution in [0.3, 0.4) is 0 Å². The zero-order valence-corrected chi connectivity index (χ0v) is 14.4. The van der Waals surface area contributed by atoms with Crippen LogP contribution in [-0.2, 0) is 4.79 Å². The van der Waals surface area contributed by atoms with Crippen LogP contribution >= 0.6 is 0 Å². The number of carboxylic acid groups (broad SMARTS) is 1. The van der Waals surface area contributed by atoms with Crippen LogP contribution in [0.25, 0.3) is 0 Å². The van der Waals surface area contributed by atoms with Gasteiger partial charge in [-0.1, -0.05) is 0 Å². The first kappa shape index (κ1) is 18.7. The van der Waals surface area contributed by atoms with E-state index in [4.69, 9.17) is 10.8 Å². The van der Waals surface area contributed by atoms with Crippen molar-refractivity contribution >= 4 is 17.9 Å². The second kappa shape index (κ2) is 7.49. The predicted molar refractivity (Wildman–Crippen MR) is 87.8 cm³/mol. The van der Waals surface area contributed by atoms with Gasteiger partial charge in [0.2, 0.25) is 5.82 Å².